The molecule has 204 valence electrons. The molecule has 2 fully saturated rings. The van der Waals surface area contributed by atoms with Gasteiger partial charge >= 0.3 is 0 Å². The number of hydrogen-bond donors (Lipinski definition) is 0. The predicted molar refractivity (Wildman–Crippen MR) is 157 cm³/mol. The summed E-state index contributed by atoms with van der Waals surface area (Å²) in [6.45, 7) is 20.1. The van der Waals surface area contributed by atoms with Crippen molar-refractivity contribution in [2.24, 2.45) is 0 Å². The molecular weight excluding hydrogens is 479 g/mol. The van der Waals surface area contributed by atoms with Crippen LogP contribution < -0.4 is 14.8 Å². The van der Waals surface area contributed by atoms with Gasteiger partial charge in [0, 0.05) is 12.8 Å². The second kappa shape index (κ2) is 10.9. The Bertz CT molecular complexity index is 1080. The number of ether oxygens (including phenoxy) is 4. The molecule has 2 aliphatic rings. The summed E-state index contributed by atoms with van der Waals surface area (Å²) in [7, 11) is 2.97. The molecule has 5 heteroatoms. The first-order valence-corrected chi connectivity index (χ1v) is 15.5. The molecule has 4 nitrogen and oxygen atoms in total. The van der Waals surface area contributed by atoms with Gasteiger partial charge in [-0.15, -0.1) is 0 Å². The van der Waals surface area contributed by atoms with Crippen LogP contribution in [0.3, 0.4) is 0 Å². The van der Waals surface area contributed by atoms with Gasteiger partial charge in [0.05, 0.1) is 27.4 Å². The first-order valence-electron chi connectivity index (χ1n) is 13.9. The Morgan fingerprint density at radius 3 is 1.78 bits per heavy atom. The average Bonchev–Trinajstić information content (AvgIpc) is 3.28. The fourth-order valence-electron chi connectivity index (χ4n) is 6.18. The van der Waals surface area contributed by atoms with Crippen molar-refractivity contribution in [2.75, 3.05) is 33.6 Å². The van der Waals surface area contributed by atoms with E-state index < -0.39 is 13.7 Å². The second-order valence-electron chi connectivity index (χ2n) is 12.3. The topological polar surface area (TPSA) is 36.9 Å². The third-order valence-electron chi connectivity index (χ3n) is 8.16. The maximum atomic E-state index is 6.18. The summed E-state index contributed by atoms with van der Waals surface area (Å²) in [6.07, 6.45) is 2.93. The third kappa shape index (κ3) is 5.45. The van der Waals surface area contributed by atoms with E-state index in [-0.39, 0.29) is 5.16 Å². The van der Waals surface area contributed by atoms with Crippen molar-refractivity contribution in [2.45, 2.75) is 96.9 Å². The lowest BCUT2D eigenvalue weighted by Crippen LogP contribution is -2.45. The van der Waals surface area contributed by atoms with E-state index in [9.17, 15) is 0 Å². The molecule has 2 aromatic carbocycles. The summed E-state index contributed by atoms with van der Waals surface area (Å²) < 4.78 is 24.1. The van der Waals surface area contributed by atoms with Crippen molar-refractivity contribution in [3.63, 3.8) is 0 Å². The quantitative estimate of drug-likeness (QED) is 0.341. The second-order valence-corrected chi connectivity index (χ2v) is 15.3. The van der Waals surface area contributed by atoms with Gasteiger partial charge in [-0.1, -0.05) is 75.4 Å². The average molecular weight is 527 g/mol. The monoisotopic (exact) mass is 526 g/mol. The van der Waals surface area contributed by atoms with Crippen LogP contribution in [-0.4, -0.2) is 44.5 Å². The highest BCUT2D eigenvalue weighted by Gasteiger charge is 2.49. The van der Waals surface area contributed by atoms with Crippen molar-refractivity contribution in [1.82, 2.24) is 0 Å². The molecule has 37 heavy (non-hydrogen) atoms. The van der Waals surface area contributed by atoms with Crippen LogP contribution >= 0.6 is 7.92 Å². The van der Waals surface area contributed by atoms with Gasteiger partial charge in [0.2, 0.25) is 0 Å². The lowest BCUT2D eigenvalue weighted by atomic mass is 9.81. The van der Waals surface area contributed by atoms with E-state index in [2.05, 4.69) is 79.7 Å². The number of methoxy groups -OCH3 is 2. The zero-order valence-corrected chi connectivity index (χ0v) is 25.6. The van der Waals surface area contributed by atoms with E-state index in [1.807, 2.05) is 0 Å². The fourth-order valence-corrected chi connectivity index (χ4v) is 9.41. The molecule has 0 N–H and O–H groups in total. The molecule has 2 saturated heterocycles. The minimum absolute atomic E-state index is 0.0557. The van der Waals surface area contributed by atoms with Crippen LogP contribution in [0.25, 0.3) is 11.1 Å². The molecule has 0 aromatic heterocycles. The molecule has 2 heterocycles. The van der Waals surface area contributed by atoms with Gasteiger partial charge in [0.1, 0.15) is 0 Å². The Balaban J connectivity index is 1.98. The van der Waals surface area contributed by atoms with Gasteiger partial charge in [0.25, 0.3) is 0 Å². The molecular formula is C32H47O4P. The van der Waals surface area contributed by atoms with Crippen molar-refractivity contribution < 1.29 is 18.9 Å². The van der Waals surface area contributed by atoms with Crippen molar-refractivity contribution in [3.8, 4) is 22.6 Å². The van der Waals surface area contributed by atoms with E-state index in [0.29, 0.717) is 31.0 Å². The van der Waals surface area contributed by atoms with Gasteiger partial charge in [-0.25, -0.2) is 0 Å². The predicted octanol–water partition coefficient (Wildman–Crippen LogP) is 8.16. The number of rotatable bonds is 7. The van der Waals surface area contributed by atoms with Crippen LogP contribution in [0.5, 0.6) is 11.5 Å². The summed E-state index contributed by atoms with van der Waals surface area (Å²) in [5.74, 6) is 2.49. The highest BCUT2D eigenvalue weighted by molar-refractivity contribution is 7.67. The molecule has 0 aliphatic carbocycles. The summed E-state index contributed by atoms with van der Waals surface area (Å²) in [5, 5.41) is 1.46. The first kappa shape index (κ1) is 28.4. The van der Waals surface area contributed by atoms with E-state index in [0.717, 1.165) is 30.5 Å². The van der Waals surface area contributed by atoms with Crippen molar-refractivity contribution in [1.29, 1.82) is 0 Å². The Hall–Kier alpha value is -1.61. The molecule has 1 atom stereocenters. The van der Waals surface area contributed by atoms with Gasteiger partial charge in [-0.3, -0.25) is 0 Å². The normalized spacial score (nSPS) is 20.8. The molecule has 0 bridgehead atoms. The summed E-state index contributed by atoms with van der Waals surface area (Å²) in [6, 6.07) is 9.43. The Morgan fingerprint density at radius 1 is 0.784 bits per heavy atom. The van der Waals surface area contributed by atoms with E-state index >= 15 is 0 Å². The molecule has 2 aliphatic heterocycles. The molecule has 4 rings (SSSR count). The highest BCUT2D eigenvalue weighted by atomic mass is 31.1. The summed E-state index contributed by atoms with van der Waals surface area (Å²) in [4.78, 5) is 0. The van der Waals surface area contributed by atoms with Crippen molar-refractivity contribution in [3.05, 3.63) is 41.0 Å². The molecule has 1 spiro atoms. The number of hydrogen-bond acceptors (Lipinski definition) is 4. The highest BCUT2D eigenvalue weighted by Crippen LogP contribution is 2.61. The maximum absolute atomic E-state index is 6.18. The lowest BCUT2D eigenvalue weighted by molar-refractivity contribution is -0.169. The summed E-state index contributed by atoms with van der Waals surface area (Å²) in [5.41, 5.74) is 6.96. The summed E-state index contributed by atoms with van der Waals surface area (Å²) >= 11 is 0. The zero-order chi connectivity index (χ0) is 27.1. The lowest BCUT2D eigenvalue weighted by Gasteiger charge is -2.47. The molecule has 1 unspecified atom stereocenters. The van der Waals surface area contributed by atoms with Crippen LogP contribution in [0.2, 0.25) is 0 Å². The largest absolute Gasteiger partial charge is 0.493 e. The van der Waals surface area contributed by atoms with E-state index in [1.165, 1.54) is 33.1 Å². The fraction of sp³-hybridized carbons (Fsp3) is 0.625. The Morgan fingerprint density at radius 2 is 1.32 bits per heavy atom. The molecule has 0 saturated carbocycles. The van der Waals surface area contributed by atoms with Gasteiger partial charge in [0.15, 0.2) is 17.3 Å². The van der Waals surface area contributed by atoms with Crippen molar-refractivity contribution >= 4 is 13.2 Å². The van der Waals surface area contributed by atoms with Gasteiger partial charge < -0.3 is 18.9 Å². The minimum Gasteiger partial charge on any atom is -0.493 e. The number of benzene rings is 2. The van der Waals surface area contributed by atoms with Crippen LogP contribution in [-0.2, 0) is 9.47 Å². The SMILES string of the molecule is COc1cc(-c2c(C(C)C)cc(C(C)C)cc2C(C)C)c(P2CCC3(CC2(C)C)OCCO3)cc1OC. The minimum atomic E-state index is -0.515. The van der Waals surface area contributed by atoms with Crippen LogP contribution in [0.1, 0.15) is 103 Å². The van der Waals surface area contributed by atoms with Gasteiger partial charge in [-0.2, -0.15) is 0 Å². The Kier molecular flexibility index (Phi) is 8.34. The first-order chi connectivity index (χ1) is 17.4. The molecule has 0 radical (unpaired) electrons. The molecule has 2 aromatic rings. The zero-order valence-electron chi connectivity index (χ0n) is 24.7. The van der Waals surface area contributed by atoms with Crippen LogP contribution in [0.4, 0.5) is 0 Å². The van der Waals surface area contributed by atoms with Gasteiger partial charge in [-0.05, 0) is 74.3 Å². The van der Waals surface area contributed by atoms with Crippen LogP contribution in [0.15, 0.2) is 24.3 Å². The van der Waals surface area contributed by atoms with Crippen LogP contribution in [0, 0.1) is 0 Å². The van der Waals surface area contributed by atoms with E-state index in [1.54, 1.807) is 14.2 Å². The maximum Gasteiger partial charge on any atom is 0.169 e. The standard InChI is InChI=1S/C32H47O4P/c1-20(2)23-15-24(21(3)4)30(25(16-23)22(5)6)26-17-27(33-9)28(34-10)18-29(26)37-14-11-32(19-31(37,7)8)35-12-13-36-32/h15-18,20-22H,11-14,19H2,1-10H3. The Labute approximate surface area is 226 Å². The van der Waals surface area contributed by atoms with E-state index in [4.69, 9.17) is 18.9 Å². The smallest absolute Gasteiger partial charge is 0.169 e. The third-order valence-corrected chi connectivity index (χ3v) is 11.4. The molecule has 0 amide bonds.